The molecule has 0 saturated heterocycles. The van der Waals surface area contributed by atoms with Crippen molar-refractivity contribution >= 4 is 40.2 Å². The number of rotatable bonds is 7. The van der Waals surface area contributed by atoms with Gasteiger partial charge in [0.25, 0.3) is 0 Å². The van der Waals surface area contributed by atoms with Crippen molar-refractivity contribution in [1.82, 2.24) is 9.97 Å². The number of aryl methyl sites for hydroxylation is 2. The Labute approximate surface area is 211 Å². The van der Waals surface area contributed by atoms with Crippen LogP contribution in [-0.2, 0) is 24.2 Å². The lowest BCUT2D eigenvalue weighted by Gasteiger charge is -2.20. The first-order valence-corrected chi connectivity index (χ1v) is 12.7. The van der Waals surface area contributed by atoms with Crippen molar-refractivity contribution in [2.24, 2.45) is 0 Å². The molecule has 0 aliphatic heterocycles. The standard InChI is InChI=1S/C27H22ClFN2O3S/c28-22-14-25-17(12-23(22)29)3-6-18(31-25)15-34-19-7-4-16-5-8-24-20(2-1-10-30-24)27(21(16)13-19)35-11-9-26(32)33/h1-4,6-7,10,12-14,27H,5,8-9,11,15H2,(H,32,33)/t27-/m0/s1. The normalized spacial score (nSPS) is 14.7. The van der Waals surface area contributed by atoms with Gasteiger partial charge in [0, 0.05) is 23.0 Å². The van der Waals surface area contributed by atoms with Gasteiger partial charge in [-0.25, -0.2) is 9.37 Å². The highest BCUT2D eigenvalue weighted by Crippen LogP contribution is 2.42. The fraction of sp³-hybridized carbons (Fsp3) is 0.222. The fourth-order valence-electron chi connectivity index (χ4n) is 4.29. The number of aromatic nitrogens is 2. The number of carboxylic acids is 1. The van der Waals surface area contributed by atoms with Gasteiger partial charge in [-0.2, -0.15) is 0 Å². The quantitative estimate of drug-likeness (QED) is 0.311. The van der Waals surface area contributed by atoms with E-state index in [9.17, 15) is 9.18 Å². The van der Waals surface area contributed by atoms with Gasteiger partial charge >= 0.3 is 5.97 Å². The Balaban J connectivity index is 1.40. The van der Waals surface area contributed by atoms with Gasteiger partial charge in [0.2, 0.25) is 0 Å². The van der Waals surface area contributed by atoms with E-state index in [2.05, 4.69) is 22.1 Å². The van der Waals surface area contributed by atoms with Crippen LogP contribution in [0.5, 0.6) is 5.75 Å². The van der Waals surface area contributed by atoms with Gasteiger partial charge in [0.15, 0.2) is 0 Å². The summed E-state index contributed by atoms with van der Waals surface area (Å²) in [6.07, 6.45) is 3.60. The molecule has 0 bridgehead atoms. The molecule has 1 aliphatic rings. The number of fused-ring (bicyclic) bond motifs is 3. The molecule has 178 valence electrons. The number of thioether (sulfide) groups is 1. The third kappa shape index (κ3) is 5.26. The van der Waals surface area contributed by atoms with Crippen LogP contribution in [0, 0.1) is 5.82 Å². The van der Waals surface area contributed by atoms with Crippen molar-refractivity contribution in [2.75, 3.05) is 5.75 Å². The maximum absolute atomic E-state index is 13.7. The summed E-state index contributed by atoms with van der Waals surface area (Å²) in [6, 6.07) is 16.6. The average Bonchev–Trinajstić information content (AvgIpc) is 3.00. The highest BCUT2D eigenvalue weighted by atomic mass is 35.5. The zero-order chi connectivity index (χ0) is 24.4. The van der Waals surface area contributed by atoms with E-state index < -0.39 is 11.8 Å². The summed E-state index contributed by atoms with van der Waals surface area (Å²) in [5.41, 5.74) is 5.83. The summed E-state index contributed by atoms with van der Waals surface area (Å²) in [6.45, 7) is 0.249. The number of nitrogens with zero attached hydrogens (tertiary/aromatic N) is 2. The van der Waals surface area contributed by atoms with Gasteiger partial charge in [-0.3, -0.25) is 9.78 Å². The molecule has 8 heteroatoms. The Bertz CT molecular complexity index is 1410. The number of benzene rings is 2. The minimum absolute atomic E-state index is 0.0186. The molecular formula is C27H22ClFN2O3S. The Morgan fingerprint density at radius 1 is 1.14 bits per heavy atom. The first-order valence-electron chi connectivity index (χ1n) is 11.3. The molecule has 1 N–H and O–H groups in total. The number of hydrogen-bond acceptors (Lipinski definition) is 5. The Kier molecular flexibility index (Phi) is 6.88. The lowest BCUT2D eigenvalue weighted by Crippen LogP contribution is -2.05. The van der Waals surface area contributed by atoms with Gasteiger partial charge in [0.1, 0.15) is 18.2 Å². The predicted molar refractivity (Wildman–Crippen MR) is 136 cm³/mol. The van der Waals surface area contributed by atoms with Crippen LogP contribution in [0.1, 0.15) is 39.7 Å². The molecule has 2 heterocycles. The minimum atomic E-state index is -0.804. The smallest absolute Gasteiger partial charge is 0.304 e. The van der Waals surface area contributed by atoms with Crippen molar-refractivity contribution in [3.63, 3.8) is 0 Å². The van der Waals surface area contributed by atoms with Gasteiger partial charge < -0.3 is 9.84 Å². The van der Waals surface area contributed by atoms with Crippen LogP contribution in [0.25, 0.3) is 10.9 Å². The van der Waals surface area contributed by atoms with Crippen LogP contribution in [0.15, 0.2) is 60.8 Å². The highest BCUT2D eigenvalue weighted by molar-refractivity contribution is 7.99. The highest BCUT2D eigenvalue weighted by Gasteiger charge is 2.25. The van der Waals surface area contributed by atoms with E-state index in [4.69, 9.17) is 21.4 Å². The second-order valence-electron chi connectivity index (χ2n) is 8.34. The SMILES string of the molecule is O=C(O)CCS[C@@H]1c2cc(OCc3ccc4cc(F)c(Cl)cc4n3)ccc2CCc2ncccc21. The molecule has 1 atom stereocenters. The second-order valence-corrected chi connectivity index (χ2v) is 9.96. The van der Waals surface area contributed by atoms with E-state index in [0.717, 1.165) is 29.7 Å². The second kappa shape index (κ2) is 10.2. The predicted octanol–water partition coefficient (Wildman–Crippen LogP) is 6.40. The first kappa shape index (κ1) is 23.6. The van der Waals surface area contributed by atoms with Crippen LogP contribution in [-0.4, -0.2) is 26.8 Å². The van der Waals surface area contributed by atoms with Crippen molar-refractivity contribution in [1.29, 1.82) is 0 Å². The van der Waals surface area contributed by atoms with Gasteiger partial charge in [-0.05, 0) is 65.9 Å². The van der Waals surface area contributed by atoms with Crippen molar-refractivity contribution in [3.8, 4) is 5.75 Å². The summed E-state index contributed by atoms with van der Waals surface area (Å²) < 4.78 is 19.8. The zero-order valence-electron chi connectivity index (χ0n) is 18.7. The topological polar surface area (TPSA) is 72.3 Å². The van der Waals surface area contributed by atoms with Crippen LogP contribution in [0.4, 0.5) is 4.39 Å². The van der Waals surface area contributed by atoms with E-state index in [1.165, 1.54) is 17.7 Å². The summed E-state index contributed by atoms with van der Waals surface area (Å²) in [5.74, 6) is -0.0635. The molecular weight excluding hydrogens is 487 g/mol. The van der Waals surface area contributed by atoms with E-state index in [-0.39, 0.29) is 23.3 Å². The number of pyridine rings is 2. The van der Waals surface area contributed by atoms with Crippen LogP contribution in [0.2, 0.25) is 5.02 Å². The molecule has 2 aromatic carbocycles. The largest absolute Gasteiger partial charge is 0.487 e. The van der Waals surface area contributed by atoms with E-state index >= 15 is 0 Å². The fourth-order valence-corrected chi connectivity index (χ4v) is 5.77. The molecule has 4 aromatic rings. The molecule has 0 unspecified atom stereocenters. The van der Waals surface area contributed by atoms with E-state index in [1.54, 1.807) is 24.0 Å². The van der Waals surface area contributed by atoms with Gasteiger partial charge in [-0.1, -0.05) is 29.8 Å². The third-order valence-corrected chi connectivity index (χ3v) is 7.59. The number of carbonyl (C=O) groups is 1. The maximum Gasteiger partial charge on any atom is 0.304 e. The first-order chi connectivity index (χ1) is 17.0. The van der Waals surface area contributed by atoms with Crippen molar-refractivity contribution < 1.29 is 19.0 Å². The summed E-state index contributed by atoms with van der Waals surface area (Å²) in [7, 11) is 0. The summed E-state index contributed by atoms with van der Waals surface area (Å²) in [4.78, 5) is 20.3. The Morgan fingerprint density at radius 3 is 2.89 bits per heavy atom. The Hall–Kier alpha value is -3.16. The number of hydrogen-bond donors (Lipinski definition) is 1. The van der Waals surface area contributed by atoms with Gasteiger partial charge in [0.05, 0.1) is 27.9 Å². The molecule has 2 aromatic heterocycles. The van der Waals surface area contributed by atoms with Gasteiger partial charge in [-0.15, -0.1) is 11.8 Å². The third-order valence-electron chi connectivity index (χ3n) is 6.01. The van der Waals surface area contributed by atoms with Crippen LogP contribution < -0.4 is 4.74 Å². The molecule has 0 fully saturated rings. The van der Waals surface area contributed by atoms with Crippen molar-refractivity contribution in [2.45, 2.75) is 31.1 Å². The van der Waals surface area contributed by atoms with Crippen LogP contribution in [0.3, 0.4) is 0 Å². The lowest BCUT2D eigenvalue weighted by molar-refractivity contribution is -0.136. The number of halogens is 2. The zero-order valence-corrected chi connectivity index (χ0v) is 20.3. The molecule has 1 aliphatic carbocycles. The monoisotopic (exact) mass is 508 g/mol. The minimum Gasteiger partial charge on any atom is -0.487 e. The van der Waals surface area contributed by atoms with Crippen molar-refractivity contribution in [3.05, 3.63) is 99.7 Å². The molecule has 0 saturated carbocycles. The molecule has 0 spiro atoms. The number of ether oxygens (including phenoxy) is 1. The summed E-state index contributed by atoms with van der Waals surface area (Å²) in [5, 5.41) is 9.82. The molecule has 0 amide bonds. The molecule has 5 rings (SSSR count). The number of aliphatic carboxylic acids is 1. The lowest BCUT2D eigenvalue weighted by atomic mass is 10.0. The molecule has 35 heavy (non-hydrogen) atoms. The summed E-state index contributed by atoms with van der Waals surface area (Å²) >= 11 is 7.53. The molecule has 5 nitrogen and oxygen atoms in total. The van der Waals surface area contributed by atoms with Crippen LogP contribution >= 0.6 is 23.4 Å². The molecule has 0 radical (unpaired) electrons. The Morgan fingerprint density at radius 2 is 2.03 bits per heavy atom. The average molecular weight is 509 g/mol. The van der Waals surface area contributed by atoms with E-state index in [1.807, 2.05) is 24.3 Å². The maximum atomic E-state index is 13.7. The van der Waals surface area contributed by atoms with E-state index in [0.29, 0.717) is 28.1 Å². The number of carboxylic acid groups (broad SMARTS) is 1.